The van der Waals surface area contributed by atoms with Gasteiger partial charge < -0.3 is 20.1 Å². The number of carbonyl (C=O) groups is 2. The molecule has 11 atom stereocenters. The number of carbonyl (C=O) groups excluding carboxylic acids is 1. The van der Waals surface area contributed by atoms with E-state index in [0.717, 1.165) is 32.1 Å². The van der Waals surface area contributed by atoms with E-state index >= 15 is 0 Å². The standard InChI is InChI=1S/C29H48O6/c1-5-19-23-16-18(30)10-13-29(23,4)22-11-14-28(3)20(6-7-21(28)26(22)27(19)34)17(2)12-15-35-25(33)9-8-24(31)32/h17-23,26-27,30,34H,5-16H2,1-4H3,(H,31,32)/t17-,18-,19-,20-,21+,22+,23+,26+,27-,28-,29-/m1/s1. The van der Waals surface area contributed by atoms with Crippen molar-refractivity contribution in [3.63, 3.8) is 0 Å². The first-order valence-electron chi connectivity index (χ1n) is 14.3. The van der Waals surface area contributed by atoms with E-state index in [1.807, 2.05) is 0 Å². The van der Waals surface area contributed by atoms with Crippen molar-refractivity contribution in [2.24, 2.45) is 52.3 Å². The fourth-order valence-electron chi connectivity index (χ4n) is 9.77. The van der Waals surface area contributed by atoms with Crippen LogP contribution in [0.2, 0.25) is 0 Å². The molecule has 0 unspecified atom stereocenters. The number of aliphatic carboxylic acids is 1. The van der Waals surface area contributed by atoms with Crippen LogP contribution in [0, 0.1) is 52.3 Å². The van der Waals surface area contributed by atoms with Gasteiger partial charge in [0.2, 0.25) is 0 Å². The number of ether oxygens (including phenoxy) is 1. The van der Waals surface area contributed by atoms with Crippen molar-refractivity contribution < 1.29 is 29.6 Å². The highest BCUT2D eigenvalue weighted by Gasteiger charge is 2.64. The van der Waals surface area contributed by atoms with Crippen LogP contribution in [0.15, 0.2) is 0 Å². The maximum absolute atomic E-state index is 11.8. The predicted octanol–water partition coefficient (Wildman–Crippen LogP) is 5.05. The second kappa shape index (κ2) is 10.3. The number of aliphatic hydroxyl groups excluding tert-OH is 2. The van der Waals surface area contributed by atoms with Crippen LogP contribution in [0.4, 0.5) is 0 Å². The Morgan fingerprint density at radius 1 is 0.971 bits per heavy atom. The van der Waals surface area contributed by atoms with E-state index in [1.54, 1.807) is 0 Å². The van der Waals surface area contributed by atoms with E-state index < -0.39 is 11.9 Å². The molecule has 3 N–H and O–H groups in total. The SMILES string of the molecule is CC[C@H]1[C@@H](O)[C@@H]2[C@H](CC[C@]3(C)[C@@H]([C@H](C)CCOC(=O)CCC(=O)O)CC[C@@H]23)[C@@]2(C)CC[C@@H](O)C[C@@H]12. The number of carboxylic acids is 1. The van der Waals surface area contributed by atoms with E-state index in [2.05, 4.69) is 27.7 Å². The third-order valence-corrected chi connectivity index (χ3v) is 11.5. The Morgan fingerprint density at radius 3 is 2.34 bits per heavy atom. The minimum Gasteiger partial charge on any atom is -0.481 e. The van der Waals surface area contributed by atoms with E-state index in [0.29, 0.717) is 42.1 Å². The van der Waals surface area contributed by atoms with Crippen LogP contribution in [-0.2, 0) is 14.3 Å². The lowest BCUT2D eigenvalue weighted by Gasteiger charge is -2.64. The molecule has 0 aromatic carbocycles. The van der Waals surface area contributed by atoms with Crippen LogP contribution in [-0.4, -0.2) is 46.1 Å². The van der Waals surface area contributed by atoms with Crippen LogP contribution < -0.4 is 0 Å². The summed E-state index contributed by atoms with van der Waals surface area (Å²) in [5.41, 5.74) is 0.420. The highest BCUT2D eigenvalue weighted by molar-refractivity contribution is 5.76. The summed E-state index contributed by atoms with van der Waals surface area (Å²) in [5.74, 6) is 1.69. The minimum absolute atomic E-state index is 0.0662. The van der Waals surface area contributed by atoms with Crippen molar-refractivity contribution in [1.29, 1.82) is 0 Å². The first kappa shape index (κ1) is 26.9. The predicted molar refractivity (Wildman–Crippen MR) is 133 cm³/mol. The second-order valence-electron chi connectivity index (χ2n) is 13.0. The first-order chi connectivity index (χ1) is 16.5. The number of fused-ring (bicyclic) bond motifs is 5. The monoisotopic (exact) mass is 492 g/mol. The van der Waals surface area contributed by atoms with E-state index in [1.165, 1.54) is 25.7 Å². The minimum atomic E-state index is -0.976. The Morgan fingerprint density at radius 2 is 1.66 bits per heavy atom. The lowest BCUT2D eigenvalue weighted by Crippen LogP contribution is -2.62. The summed E-state index contributed by atoms with van der Waals surface area (Å²) >= 11 is 0. The zero-order chi connectivity index (χ0) is 25.5. The molecular formula is C29H48O6. The maximum atomic E-state index is 11.8. The van der Waals surface area contributed by atoms with E-state index in [9.17, 15) is 19.8 Å². The smallest absolute Gasteiger partial charge is 0.306 e. The molecule has 4 fully saturated rings. The van der Waals surface area contributed by atoms with Gasteiger partial charge in [0.05, 0.1) is 31.7 Å². The fourth-order valence-corrected chi connectivity index (χ4v) is 9.77. The highest BCUT2D eigenvalue weighted by Crippen LogP contribution is 2.69. The van der Waals surface area contributed by atoms with Gasteiger partial charge in [-0.15, -0.1) is 0 Å². The molecule has 0 aromatic rings. The summed E-state index contributed by atoms with van der Waals surface area (Å²) in [6.07, 6.45) is 8.58. The van der Waals surface area contributed by atoms with Gasteiger partial charge in [0.1, 0.15) is 0 Å². The molecule has 0 saturated heterocycles. The Hall–Kier alpha value is -1.14. The molecule has 0 aromatic heterocycles. The largest absolute Gasteiger partial charge is 0.481 e. The normalized spacial score (nSPS) is 45.7. The number of rotatable bonds is 8. The molecule has 4 aliphatic carbocycles. The average Bonchev–Trinajstić information content (AvgIpc) is 3.16. The molecule has 35 heavy (non-hydrogen) atoms. The van der Waals surface area contributed by atoms with Crippen molar-refractivity contribution >= 4 is 11.9 Å². The fraction of sp³-hybridized carbons (Fsp3) is 0.931. The lowest BCUT2D eigenvalue weighted by atomic mass is 9.41. The zero-order valence-electron chi connectivity index (χ0n) is 22.2. The van der Waals surface area contributed by atoms with Crippen molar-refractivity contribution in [1.82, 2.24) is 0 Å². The van der Waals surface area contributed by atoms with Crippen molar-refractivity contribution in [2.75, 3.05) is 6.61 Å². The number of aliphatic hydroxyl groups is 2. The molecular weight excluding hydrogens is 444 g/mol. The quantitative estimate of drug-likeness (QED) is 0.410. The van der Waals surface area contributed by atoms with Crippen molar-refractivity contribution in [3.05, 3.63) is 0 Å². The summed E-state index contributed by atoms with van der Waals surface area (Å²) < 4.78 is 5.34. The van der Waals surface area contributed by atoms with E-state index in [4.69, 9.17) is 9.84 Å². The molecule has 6 nitrogen and oxygen atoms in total. The second-order valence-corrected chi connectivity index (χ2v) is 13.0. The van der Waals surface area contributed by atoms with Gasteiger partial charge in [-0.05, 0) is 104 Å². The summed E-state index contributed by atoms with van der Waals surface area (Å²) in [6, 6.07) is 0. The van der Waals surface area contributed by atoms with Gasteiger partial charge in [-0.25, -0.2) is 0 Å². The molecule has 0 heterocycles. The molecule has 0 radical (unpaired) electrons. The van der Waals surface area contributed by atoms with Gasteiger partial charge in [-0.3, -0.25) is 9.59 Å². The Kier molecular flexibility index (Phi) is 7.93. The third-order valence-electron chi connectivity index (χ3n) is 11.5. The number of hydrogen-bond acceptors (Lipinski definition) is 5. The summed E-state index contributed by atoms with van der Waals surface area (Å²) in [6.45, 7) is 9.79. The molecule has 200 valence electrons. The van der Waals surface area contributed by atoms with Crippen molar-refractivity contribution in [2.45, 2.75) is 111 Å². The van der Waals surface area contributed by atoms with Crippen LogP contribution in [0.5, 0.6) is 0 Å². The highest BCUT2D eigenvalue weighted by atomic mass is 16.5. The molecule has 4 saturated carbocycles. The van der Waals surface area contributed by atoms with Crippen LogP contribution in [0.1, 0.15) is 98.3 Å². The van der Waals surface area contributed by atoms with Crippen LogP contribution >= 0.6 is 0 Å². The molecule has 0 aliphatic heterocycles. The van der Waals surface area contributed by atoms with Crippen molar-refractivity contribution in [3.8, 4) is 0 Å². The first-order valence-corrected chi connectivity index (χ1v) is 14.3. The summed E-state index contributed by atoms with van der Waals surface area (Å²) in [4.78, 5) is 22.5. The zero-order valence-corrected chi connectivity index (χ0v) is 22.2. The molecule has 0 bridgehead atoms. The Labute approximate surface area is 211 Å². The molecule has 0 amide bonds. The van der Waals surface area contributed by atoms with Gasteiger partial charge in [-0.2, -0.15) is 0 Å². The number of hydrogen-bond donors (Lipinski definition) is 3. The molecule has 6 heteroatoms. The topological polar surface area (TPSA) is 104 Å². The van der Waals surface area contributed by atoms with Gasteiger partial charge >= 0.3 is 11.9 Å². The number of carboxylic acid groups (broad SMARTS) is 1. The van der Waals surface area contributed by atoms with Gasteiger partial charge in [0.15, 0.2) is 0 Å². The lowest BCUT2D eigenvalue weighted by molar-refractivity contribution is -0.203. The number of esters is 1. The van der Waals surface area contributed by atoms with Crippen LogP contribution in [0.3, 0.4) is 0 Å². The molecule has 4 aliphatic rings. The van der Waals surface area contributed by atoms with E-state index in [-0.39, 0.29) is 41.8 Å². The maximum Gasteiger partial charge on any atom is 0.306 e. The summed E-state index contributed by atoms with van der Waals surface area (Å²) in [5, 5.41) is 31.0. The van der Waals surface area contributed by atoms with Gasteiger partial charge in [-0.1, -0.05) is 34.1 Å². The van der Waals surface area contributed by atoms with Crippen LogP contribution in [0.25, 0.3) is 0 Å². The van der Waals surface area contributed by atoms with Gasteiger partial charge in [0, 0.05) is 0 Å². The molecule has 4 rings (SSSR count). The average molecular weight is 493 g/mol. The molecule has 0 spiro atoms. The van der Waals surface area contributed by atoms with Gasteiger partial charge in [0.25, 0.3) is 0 Å². The third kappa shape index (κ3) is 4.79. The Balaban J connectivity index is 1.45. The Bertz CT molecular complexity index is 783. The summed E-state index contributed by atoms with van der Waals surface area (Å²) in [7, 11) is 0.